The van der Waals surface area contributed by atoms with Crippen LogP contribution in [0.5, 0.6) is 0 Å². The lowest BCUT2D eigenvalue weighted by molar-refractivity contribution is 0.101. The molecule has 0 bridgehead atoms. The molecule has 4 heterocycles. The number of pyridine rings is 2. The van der Waals surface area contributed by atoms with Crippen molar-refractivity contribution in [3.05, 3.63) is 54.7 Å². The van der Waals surface area contributed by atoms with Crippen LogP contribution in [0.15, 0.2) is 53.6 Å². The van der Waals surface area contributed by atoms with Gasteiger partial charge in [-0.2, -0.15) is 5.10 Å². The molecule has 0 saturated heterocycles. The highest BCUT2D eigenvalue weighted by atomic mass is 16.5. The smallest absolute Gasteiger partial charge is 0.277 e. The summed E-state index contributed by atoms with van der Waals surface area (Å²) in [4.78, 5) is 20.8. The Balaban J connectivity index is 1.55. The lowest BCUT2D eigenvalue weighted by Crippen LogP contribution is -2.12. The molecule has 1 N–H and O–H groups in total. The molecule has 0 aromatic carbocycles. The average Bonchev–Trinajstić information content (AvgIpc) is 3.29. The number of carbonyl (C=O) groups excluding carboxylic acids is 1. The summed E-state index contributed by atoms with van der Waals surface area (Å²) in [5.41, 5.74) is 2.28. The molecular formula is C18H16N6O2. The summed E-state index contributed by atoms with van der Waals surface area (Å²) in [6.07, 6.45) is 6.64. The number of anilines is 1. The van der Waals surface area contributed by atoms with Gasteiger partial charge in [-0.3, -0.25) is 9.78 Å². The zero-order chi connectivity index (χ0) is 18.1. The number of nitrogens with one attached hydrogen (secondary N) is 1. The summed E-state index contributed by atoms with van der Waals surface area (Å²) in [6.45, 7) is 4.07. The number of rotatable bonds is 4. The predicted octanol–water partition coefficient (Wildman–Crippen LogP) is 3.31. The van der Waals surface area contributed by atoms with Gasteiger partial charge in [0, 0.05) is 35.5 Å². The van der Waals surface area contributed by atoms with Crippen molar-refractivity contribution in [2.75, 3.05) is 5.32 Å². The molecule has 1 amide bonds. The van der Waals surface area contributed by atoms with Crippen LogP contribution in [-0.2, 0) is 0 Å². The second-order valence-electron chi connectivity index (χ2n) is 6.09. The molecule has 0 atom stereocenters. The Morgan fingerprint density at radius 2 is 2.12 bits per heavy atom. The van der Waals surface area contributed by atoms with E-state index in [1.54, 1.807) is 36.9 Å². The van der Waals surface area contributed by atoms with Crippen LogP contribution in [0.3, 0.4) is 0 Å². The quantitative estimate of drug-likeness (QED) is 0.607. The Kier molecular flexibility index (Phi) is 3.92. The average molecular weight is 348 g/mol. The second kappa shape index (κ2) is 6.40. The van der Waals surface area contributed by atoms with Gasteiger partial charge in [-0.05, 0) is 32.0 Å². The van der Waals surface area contributed by atoms with Gasteiger partial charge < -0.3 is 9.84 Å². The number of nitrogens with zero attached hydrogens (tertiary/aromatic N) is 5. The van der Waals surface area contributed by atoms with Crippen LogP contribution in [0.4, 0.5) is 5.69 Å². The third-order valence-corrected chi connectivity index (χ3v) is 3.87. The monoisotopic (exact) mass is 348 g/mol. The molecule has 4 aromatic heterocycles. The second-order valence-corrected chi connectivity index (χ2v) is 6.09. The number of amides is 1. The SMILES string of the molecule is CC(C)n1ncc2cc(NC(=O)c3cc(-c4cccnc4)on3)cnc21. The van der Waals surface area contributed by atoms with Gasteiger partial charge in [0.1, 0.15) is 0 Å². The fourth-order valence-electron chi connectivity index (χ4n) is 2.61. The van der Waals surface area contributed by atoms with Gasteiger partial charge in [0.15, 0.2) is 17.1 Å². The molecule has 0 spiro atoms. The minimum absolute atomic E-state index is 0.182. The highest BCUT2D eigenvalue weighted by Gasteiger charge is 2.15. The largest absolute Gasteiger partial charge is 0.355 e. The molecule has 26 heavy (non-hydrogen) atoms. The summed E-state index contributed by atoms with van der Waals surface area (Å²) in [6, 6.07) is 7.24. The first-order chi connectivity index (χ1) is 12.6. The van der Waals surface area contributed by atoms with Crippen LogP contribution in [0.2, 0.25) is 0 Å². The number of aromatic nitrogens is 5. The minimum Gasteiger partial charge on any atom is -0.355 e. The maximum absolute atomic E-state index is 12.4. The molecule has 8 nitrogen and oxygen atoms in total. The van der Waals surface area contributed by atoms with Crippen molar-refractivity contribution >= 4 is 22.6 Å². The molecule has 130 valence electrons. The van der Waals surface area contributed by atoms with E-state index in [4.69, 9.17) is 4.52 Å². The molecule has 0 saturated carbocycles. The van der Waals surface area contributed by atoms with Crippen LogP contribution >= 0.6 is 0 Å². The predicted molar refractivity (Wildman–Crippen MR) is 95.6 cm³/mol. The molecule has 0 aliphatic rings. The van der Waals surface area contributed by atoms with E-state index >= 15 is 0 Å². The molecule has 0 radical (unpaired) electrons. The zero-order valence-corrected chi connectivity index (χ0v) is 14.2. The standard InChI is InChI=1S/C18H16N6O2/c1-11(2)24-17-13(9-21-24)6-14(10-20-17)22-18(25)15-7-16(26-23-15)12-4-3-5-19-8-12/h3-11H,1-2H3,(H,22,25). The Morgan fingerprint density at radius 3 is 2.88 bits per heavy atom. The van der Waals surface area contributed by atoms with Crippen LogP contribution in [0, 0.1) is 0 Å². The fourth-order valence-corrected chi connectivity index (χ4v) is 2.61. The highest BCUT2D eigenvalue weighted by molar-refractivity contribution is 6.03. The van der Waals surface area contributed by atoms with Gasteiger partial charge in [0.05, 0.1) is 18.1 Å². The summed E-state index contributed by atoms with van der Waals surface area (Å²) in [5, 5.41) is 11.8. The minimum atomic E-state index is -0.374. The fraction of sp³-hybridized carbons (Fsp3) is 0.167. The summed E-state index contributed by atoms with van der Waals surface area (Å²) in [5.74, 6) is 0.108. The lowest BCUT2D eigenvalue weighted by atomic mass is 10.2. The van der Waals surface area contributed by atoms with Crippen molar-refractivity contribution in [2.45, 2.75) is 19.9 Å². The normalized spacial score (nSPS) is 11.2. The molecular weight excluding hydrogens is 332 g/mol. The summed E-state index contributed by atoms with van der Waals surface area (Å²) < 4.78 is 7.06. The number of hydrogen-bond acceptors (Lipinski definition) is 6. The van der Waals surface area contributed by atoms with Gasteiger partial charge >= 0.3 is 0 Å². The number of hydrogen-bond donors (Lipinski definition) is 1. The Bertz CT molecular complexity index is 1070. The van der Waals surface area contributed by atoms with Gasteiger partial charge in [0.2, 0.25) is 0 Å². The van der Waals surface area contributed by atoms with E-state index in [0.717, 1.165) is 16.6 Å². The van der Waals surface area contributed by atoms with E-state index < -0.39 is 0 Å². The maximum Gasteiger partial charge on any atom is 0.277 e. The van der Waals surface area contributed by atoms with Gasteiger partial charge in [-0.15, -0.1) is 0 Å². The lowest BCUT2D eigenvalue weighted by Gasteiger charge is -2.07. The van der Waals surface area contributed by atoms with Crippen molar-refractivity contribution in [1.29, 1.82) is 0 Å². The Labute approximate surface area is 148 Å². The van der Waals surface area contributed by atoms with E-state index in [2.05, 4.69) is 25.5 Å². The van der Waals surface area contributed by atoms with Crippen LogP contribution in [0.25, 0.3) is 22.4 Å². The van der Waals surface area contributed by atoms with Crippen molar-refractivity contribution in [2.24, 2.45) is 0 Å². The highest BCUT2D eigenvalue weighted by Crippen LogP contribution is 2.21. The number of fused-ring (bicyclic) bond motifs is 1. The first kappa shape index (κ1) is 15.9. The molecule has 0 aliphatic heterocycles. The van der Waals surface area contributed by atoms with E-state index in [9.17, 15) is 4.79 Å². The van der Waals surface area contributed by atoms with Crippen molar-refractivity contribution in [3.8, 4) is 11.3 Å². The van der Waals surface area contributed by atoms with Crippen LogP contribution < -0.4 is 5.32 Å². The van der Waals surface area contributed by atoms with Crippen molar-refractivity contribution in [1.82, 2.24) is 24.9 Å². The Hall–Kier alpha value is -3.55. The first-order valence-electron chi connectivity index (χ1n) is 8.13. The van der Waals surface area contributed by atoms with Gasteiger partial charge in [-0.1, -0.05) is 5.16 Å². The van der Waals surface area contributed by atoms with Gasteiger partial charge in [-0.25, -0.2) is 9.67 Å². The van der Waals surface area contributed by atoms with Crippen LogP contribution in [-0.4, -0.2) is 30.8 Å². The van der Waals surface area contributed by atoms with Crippen molar-refractivity contribution in [3.63, 3.8) is 0 Å². The zero-order valence-electron chi connectivity index (χ0n) is 14.2. The molecule has 4 rings (SSSR count). The summed E-state index contributed by atoms with van der Waals surface area (Å²) >= 11 is 0. The number of carbonyl (C=O) groups is 1. The first-order valence-corrected chi connectivity index (χ1v) is 8.13. The molecule has 8 heteroatoms. The molecule has 4 aromatic rings. The molecule has 0 aliphatic carbocycles. The third-order valence-electron chi connectivity index (χ3n) is 3.87. The molecule has 0 fully saturated rings. The Morgan fingerprint density at radius 1 is 1.23 bits per heavy atom. The van der Waals surface area contributed by atoms with Gasteiger partial charge in [0.25, 0.3) is 5.91 Å². The summed E-state index contributed by atoms with van der Waals surface area (Å²) in [7, 11) is 0. The van der Waals surface area contributed by atoms with E-state index in [-0.39, 0.29) is 17.6 Å². The van der Waals surface area contributed by atoms with Crippen molar-refractivity contribution < 1.29 is 9.32 Å². The van der Waals surface area contributed by atoms with E-state index in [1.165, 1.54) is 0 Å². The topological polar surface area (TPSA) is 98.7 Å². The molecule has 0 unspecified atom stereocenters. The maximum atomic E-state index is 12.4. The van der Waals surface area contributed by atoms with E-state index in [1.807, 2.05) is 30.7 Å². The van der Waals surface area contributed by atoms with Crippen LogP contribution in [0.1, 0.15) is 30.4 Å². The van der Waals surface area contributed by atoms with E-state index in [0.29, 0.717) is 11.4 Å². The third kappa shape index (κ3) is 2.92.